The second kappa shape index (κ2) is 6.76. The lowest BCUT2D eigenvalue weighted by Gasteiger charge is -2.26. The van der Waals surface area contributed by atoms with Crippen molar-refractivity contribution in [3.63, 3.8) is 0 Å². The van der Waals surface area contributed by atoms with Crippen molar-refractivity contribution in [2.24, 2.45) is 17.8 Å². The highest BCUT2D eigenvalue weighted by Gasteiger charge is 2.39. The highest BCUT2D eigenvalue weighted by Crippen LogP contribution is 2.48. The molecule has 0 spiro atoms. The maximum Gasteiger partial charge on any atom is 0.0320 e. The van der Waals surface area contributed by atoms with Gasteiger partial charge in [0.15, 0.2) is 0 Å². The maximum absolute atomic E-state index is 3.90. The number of benzene rings is 1. The highest BCUT2D eigenvalue weighted by atomic mass is 14.9. The molecule has 20 heavy (non-hydrogen) atoms. The van der Waals surface area contributed by atoms with Gasteiger partial charge in [-0.2, -0.15) is 0 Å². The molecule has 0 aliphatic heterocycles. The Hall–Kier alpha value is -0.820. The highest BCUT2D eigenvalue weighted by molar-refractivity contribution is 5.18. The average molecular weight is 271 g/mol. The molecule has 0 heterocycles. The van der Waals surface area contributed by atoms with Crippen LogP contribution in [0.5, 0.6) is 0 Å². The van der Waals surface area contributed by atoms with Gasteiger partial charge in [0, 0.05) is 6.04 Å². The van der Waals surface area contributed by atoms with Crippen molar-refractivity contribution in [2.75, 3.05) is 6.54 Å². The third-order valence-electron chi connectivity index (χ3n) is 5.56. The van der Waals surface area contributed by atoms with Crippen molar-refractivity contribution < 1.29 is 0 Å². The summed E-state index contributed by atoms with van der Waals surface area (Å²) in [5.74, 6) is 3.06. The zero-order valence-electron chi connectivity index (χ0n) is 12.9. The van der Waals surface area contributed by atoms with Gasteiger partial charge in [-0.1, -0.05) is 56.5 Å². The standard InChI is InChI=1S/C19H29N/c1-2-3-9-19(16-7-5-4-6-8-16)20-14-18-13-15-10-11-17(18)12-15/h4-8,15,17-20H,2-3,9-14H2,1H3. The summed E-state index contributed by atoms with van der Waals surface area (Å²) in [6.45, 7) is 3.53. The SMILES string of the molecule is CCCCC(NCC1CC2CCC1C2)c1ccccc1. The molecule has 0 aromatic heterocycles. The van der Waals surface area contributed by atoms with Crippen LogP contribution in [0.25, 0.3) is 0 Å². The van der Waals surface area contributed by atoms with Gasteiger partial charge in [0.05, 0.1) is 0 Å². The third kappa shape index (κ3) is 3.25. The smallest absolute Gasteiger partial charge is 0.0320 e. The molecule has 4 unspecified atom stereocenters. The summed E-state index contributed by atoms with van der Waals surface area (Å²) in [6, 6.07) is 11.6. The van der Waals surface area contributed by atoms with E-state index in [1.165, 1.54) is 57.1 Å². The van der Waals surface area contributed by atoms with Gasteiger partial charge in [0.1, 0.15) is 0 Å². The number of hydrogen-bond donors (Lipinski definition) is 1. The van der Waals surface area contributed by atoms with Crippen LogP contribution in [-0.4, -0.2) is 6.54 Å². The summed E-state index contributed by atoms with van der Waals surface area (Å²) in [6.07, 6.45) is 9.93. The molecule has 110 valence electrons. The monoisotopic (exact) mass is 271 g/mol. The van der Waals surface area contributed by atoms with Gasteiger partial charge in [0.2, 0.25) is 0 Å². The summed E-state index contributed by atoms with van der Waals surface area (Å²) in [7, 11) is 0. The van der Waals surface area contributed by atoms with E-state index in [1.54, 1.807) is 0 Å². The fourth-order valence-corrected chi connectivity index (χ4v) is 4.40. The van der Waals surface area contributed by atoms with Gasteiger partial charge in [-0.05, 0) is 55.5 Å². The molecule has 4 atom stereocenters. The van der Waals surface area contributed by atoms with E-state index in [2.05, 4.69) is 42.6 Å². The summed E-state index contributed by atoms with van der Waals surface area (Å²) in [5.41, 5.74) is 1.48. The van der Waals surface area contributed by atoms with Gasteiger partial charge in [0.25, 0.3) is 0 Å². The van der Waals surface area contributed by atoms with E-state index in [4.69, 9.17) is 0 Å². The predicted octanol–water partition coefficient (Wildman–Crippen LogP) is 4.94. The van der Waals surface area contributed by atoms with Crippen LogP contribution in [0.15, 0.2) is 30.3 Å². The van der Waals surface area contributed by atoms with Crippen LogP contribution < -0.4 is 5.32 Å². The van der Waals surface area contributed by atoms with Gasteiger partial charge >= 0.3 is 0 Å². The normalized spacial score (nSPS) is 29.8. The van der Waals surface area contributed by atoms with Crippen LogP contribution in [0.1, 0.15) is 63.5 Å². The van der Waals surface area contributed by atoms with Crippen LogP contribution in [0.3, 0.4) is 0 Å². The Balaban J connectivity index is 1.56. The first-order chi connectivity index (χ1) is 9.86. The van der Waals surface area contributed by atoms with Crippen LogP contribution in [0.2, 0.25) is 0 Å². The number of rotatable bonds is 7. The van der Waals surface area contributed by atoms with Crippen molar-refractivity contribution in [3.05, 3.63) is 35.9 Å². The molecule has 2 saturated carbocycles. The molecule has 0 saturated heterocycles. The van der Waals surface area contributed by atoms with Crippen molar-refractivity contribution in [1.82, 2.24) is 5.32 Å². The lowest BCUT2D eigenvalue weighted by molar-refractivity contribution is 0.302. The molecule has 2 fully saturated rings. The third-order valence-corrected chi connectivity index (χ3v) is 5.56. The average Bonchev–Trinajstić information content (AvgIpc) is 3.11. The summed E-state index contributed by atoms with van der Waals surface area (Å²) >= 11 is 0. The summed E-state index contributed by atoms with van der Waals surface area (Å²) in [4.78, 5) is 0. The second-order valence-corrected chi connectivity index (χ2v) is 6.95. The molecule has 0 radical (unpaired) electrons. The molecule has 1 heteroatoms. The van der Waals surface area contributed by atoms with Gasteiger partial charge in [-0.15, -0.1) is 0 Å². The van der Waals surface area contributed by atoms with Crippen molar-refractivity contribution in [3.8, 4) is 0 Å². The Kier molecular flexibility index (Phi) is 4.77. The fourth-order valence-electron chi connectivity index (χ4n) is 4.40. The summed E-state index contributed by atoms with van der Waals surface area (Å²) < 4.78 is 0. The number of fused-ring (bicyclic) bond motifs is 2. The molecular formula is C19H29N. The van der Waals surface area contributed by atoms with Crippen molar-refractivity contribution >= 4 is 0 Å². The predicted molar refractivity (Wildman–Crippen MR) is 85.6 cm³/mol. The molecule has 1 N–H and O–H groups in total. The molecule has 1 aromatic carbocycles. The van der Waals surface area contributed by atoms with E-state index in [-0.39, 0.29) is 0 Å². The van der Waals surface area contributed by atoms with E-state index < -0.39 is 0 Å². The molecule has 2 aliphatic rings. The Bertz CT molecular complexity index is 399. The van der Waals surface area contributed by atoms with Crippen molar-refractivity contribution in [2.45, 2.75) is 57.9 Å². The minimum absolute atomic E-state index is 0.565. The maximum atomic E-state index is 3.90. The Morgan fingerprint density at radius 1 is 1.15 bits per heavy atom. The van der Waals surface area contributed by atoms with Crippen LogP contribution >= 0.6 is 0 Å². The fraction of sp³-hybridized carbons (Fsp3) is 0.684. The van der Waals surface area contributed by atoms with E-state index in [9.17, 15) is 0 Å². The van der Waals surface area contributed by atoms with E-state index >= 15 is 0 Å². The minimum Gasteiger partial charge on any atom is -0.310 e. The Labute approximate surface area is 124 Å². The van der Waals surface area contributed by atoms with Crippen LogP contribution in [-0.2, 0) is 0 Å². The van der Waals surface area contributed by atoms with Gasteiger partial charge in [-0.3, -0.25) is 0 Å². The lowest BCUT2D eigenvalue weighted by Crippen LogP contribution is -2.30. The first-order valence-electron chi connectivity index (χ1n) is 8.65. The Morgan fingerprint density at radius 2 is 2.00 bits per heavy atom. The minimum atomic E-state index is 0.565. The zero-order chi connectivity index (χ0) is 13.8. The molecular weight excluding hydrogens is 242 g/mol. The first kappa shape index (κ1) is 14.1. The lowest BCUT2D eigenvalue weighted by atomic mass is 9.88. The van der Waals surface area contributed by atoms with Crippen molar-refractivity contribution in [1.29, 1.82) is 0 Å². The van der Waals surface area contributed by atoms with E-state index in [1.807, 2.05) is 0 Å². The summed E-state index contributed by atoms with van der Waals surface area (Å²) in [5, 5.41) is 3.90. The molecule has 0 amide bonds. The number of nitrogens with one attached hydrogen (secondary N) is 1. The Morgan fingerprint density at radius 3 is 2.65 bits per heavy atom. The number of unbranched alkanes of at least 4 members (excludes halogenated alkanes) is 1. The van der Waals surface area contributed by atoms with E-state index in [0.717, 1.165) is 17.8 Å². The zero-order valence-corrected chi connectivity index (χ0v) is 12.9. The molecule has 2 aliphatic carbocycles. The van der Waals surface area contributed by atoms with Crippen LogP contribution in [0.4, 0.5) is 0 Å². The first-order valence-corrected chi connectivity index (χ1v) is 8.65. The van der Waals surface area contributed by atoms with Gasteiger partial charge in [-0.25, -0.2) is 0 Å². The number of hydrogen-bond acceptors (Lipinski definition) is 1. The quantitative estimate of drug-likeness (QED) is 0.740. The van der Waals surface area contributed by atoms with Gasteiger partial charge < -0.3 is 5.32 Å². The topological polar surface area (TPSA) is 12.0 Å². The molecule has 1 nitrogen and oxygen atoms in total. The molecule has 1 aromatic rings. The van der Waals surface area contributed by atoms with E-state index in [0.29, 0.717) is 6.04 Å². The second-order valence-electron chi connectivity index (χ2n) is 6.95. The van der Waals surface area contributed by atoms with Crippen LogP contribution in [0, 0.1) is 17.8 Å². The molecule has 3 rings (SSSR count). The largest absolute Gasteiger partial charge is 0.310 e. The molecule has 2 bridgehead atoms.